The molecular formula is C14H19NO6. The lowest BCUT2D eigenvalue weighted by Gasteiger charge is -2.23. The predicted octanol–water partition coefficient (Wildman–Crippen LogP) is 0.636. The van der Waals surface area contributed by atoms with Crippen molar-refractivity contribution in [2.24, 2.45) is 0 Å². The number of aliphatic hydroxyl groups excluding tert-OH is 1. The molecule has 0 radical (unpaired) electrons. The van der Waals surface area contributed by atoms with Gasteiger partial charge in [-0.1, -0.05) is 12.1 Å². The van der Waals surface area contributed by atoms with Crippen molar-refractivity contribution in [1.82, 2.24) is 5.32 Å². The van der Waals surface area contributed by atoms with Gasteiger partial charge in [-0.25, -0.2) is 0 Å². The number of rotatable bonds is 9. The average molecular weight is 297 g/mol. The summed E-state index contributed by atoms with van der Waals surface area (Å²) in [6.07, 6.45) is -1.51. The Kier molecular flexibility index (Phi) is 6.64. The van der Waals surface area contributed by atoms with Crippen LogP contribution >= 0.6 is 0 Å². The predicted molar refractivity (Wildman–Crippen MR) is 74.3 cm³/mol. The molecule has 1 aromatic carbocycles. The van der Waals surface area contributed by atoms with Crippen molar-refractivity contribution >= 4 is 11.9 Å². The molecule has 0 fully saturated rings. The maximum atomic E-state index is 10.9. The van der Waals surface area contributed by atoms with Gasteiger partial charge >= 0.3 is 11.9 Å². The minimum absolute atomic E-state index is 0.0838. The number of hydrogen-bond acceptors (Lipinski definition) is 5. The summed E-state index contributed by atoms with van der Waals surface area (Å²) in [5.74, 6) is -1.44. The van der Waals surface area contributed by atoms with E-state index in [-0.39, 0.29) is 19.4 Å². The Bertz CT molecular complexity index is 473. The van der Waals surface area contributed by atoms with E-state index in [1.807, 2.05) is 0 Å². The number of aliphatic hydroxyl groups is 1. The summed E-state index contributed by atoms with van der Waals surface area (Å²) in [6, 6.07) is 5.82. The van der Waals surface area contributed by atoms with Gasteiger partial charge in [0, 0.05) is 12.6 Å². The molecule has 0 aromatic heterocycles. The lowest BCUT2D eigenvalue weighted by molar-refractivity contribution is -0.138. The molecule has 21 heavy (non-hydrogen) atoms. The maximum Gasteiger partial charge on any atom is 0.305 e. The van der Waals surface area contributed by atoms with Crippen LogP contribution in [0.3, 0.4) is 0 Å². The number of methoxy groups -OCH3 is 1. The van der Waals surface area contributed by atoms with Crippen molar-refractivity contribution < 1.29 is 29.6 Å². The monoisotopic (exact) mass is 297 g/mol. The highest BCUT2D eigenvalue weighted by atomic mass is 16.5. The lowest BCUT2D eigenvalue weighted by Crippen LogP contribution is -2.38. The number of aliphatic carboxylic acids is 2. The molecule has 0 aliphatic heterocycles. The zero-order chi connectivity index (χ0) is 15.8. The molecule has 0 saturated carbocycles. The van der Waals surface area contributed by atoms with E-state index in [1.54, 1.807) is 24.3 Å². The third kappa shape index (κ3) is 5.80. The largest absolute Gasteiger partial charge is 0.497 e. The van der Waals surface area contributed by atoms with E-state index >= 15 is 0 Å². The van der Waals surface area contributed by atoms with E-state index in [0.29, 0.717) is 11.3 Å². The van der Waals surface area contributed by atoms with Crippen LogP contribution in [0.2, 0.25) is 0 Å². The summed E-state index contributed by atoms with van der Waals surface area (Å²) < 4.78 is 5.01. The summed E-state index contributed by atoms with van der Waals surface area (Å²) in [4.78, 5) is 21.3. The third-order valence-corrected chi connectivity index (χ3v) is 2.98. The molecule has 0 aliphatic rings. The summed E-state index contributed by atoms with van der Waals surface area (Å²) in [7, 11) is 1.52. The fourth-order valence-corrected chi connectivity index (χ4v) is 1.88. The zero-order valence-electron chi connectivity index (χ0n) is 11.7. The number of nitrogens with one attached hydrogen (secondary N) is 1. The van der Waals surface area contributed by atoms with Gasteiger partial charge in [-0.3, -0.25) is 9.59 Å². The maximum absolute atomic E-state index is 10.9. The van der Waals surface area contributed by atoms with Gasteiger partial charge in [-0.15, -0.1) is 0 Å². The molecule has 7 nitrogen and oxygen atoms in total. The van der Waals surface area contributed by atoms with Crippen molar-refractivity contribution in [3.8, 4) is 5.75 Å². The molecule has 116 valence electrons. The van der Waals surface area contributed by atoms with Crippen LogP contribution in [-0.4, -0.2) is 47.0 Å². The molecule has 0 heterocycles. The van der Waals surface area contributed by atoms with Gasteiger partial charge in [0.25, 0.3) is 0 Å². The number of hydrogen-bond donors (Lipinski definition) is 4. The van der Waals surface area contributed by atoms with Crippen LogP contribution in [0.4, 0.5) is 0 Å². The lowest BCUT2D eigenvalue weighted by atomic mass is 9.99. The Morgan fingerprint density at radius 1 is 1.19 bits per heavy atom. The first kappa shape index (κ1) is 16.9. The third-order valence-electron chi connectivity index (χ3n) is 2.98. The Hall–Kier alpha value is -2.12. The van der Waals surface area contributed by atoms with Crippen LogP contribution in [0.15, 0.2) is 24.3 Å². The number of ether oxygens (including phenoxy) is 1. The normalized spacial score (nSPS) is 13.4. The first-order valence-corrected chi connectivity index (χ1v) is 6.43. The van der Waals surface area contributed by atoms with Crippen LogP contribution in [0.1, 0.15) is 24.5 Å². The first-order chi connectivity index (χ1) is 9.93. The molecule has 2 unspecified atom stereocenters. The second-order valence-electron chi connectivity index (χ2n) is 4.52. The summed E-state index contributed by atoms with van der Waals surface area (Å²) in [5, 5.41) is 30.5. The molecule has 7 heteroatoms. The number of carboxylic acids is 2. The molecular weight excluding hydrogens is 278 g/mol. The minimum atomic E-state index is -1.07. The van der Waals surface area contributed by atoms with Crippen molar-refractivity contribution in [3.05, 3.63) is 29.8 Å². The fourth-order valence-electron chi connectivity index (χ4n) is 1.88. The van der Waals surface area contributed by atoms with Crippen LogP contribution in [0.5, 0.6) is 5.75 Å². The van der Waals surface area contributed by atoms with E-state index in [0.717, 1.165) is 0 Å². The van der Waals surface area contributed by atoms with Crippen LogP contribution in [0, 0.1) is 0 Å². The van der Waals surface area contributed by atoms with Crippen molar-refractivity contribution in [2.75, 3.05) is 13.7 Å². The van der Waals surface area contributed by atoms with Crippen LogP contribution in [-0.2, 0) is 9.59 Å². The summed E-state index contributed by atoms with van der Waals surface area (Å²) in [6.45, 7) is 0.0838. The molecule has 4 N–H and O–H groups in total. The average Bonchev–Trinajstić information content (AvgIpc) is 2.45. The van der Waals surface area contributed by atoms with E-state index in [2.05, 4.69) is 5.32 Å². The van der Waals surface area contributed by atoms with Crippen molar-refractivity contribution in [2.45, 2.75) is 25.0 Å². The Balaban J connectivity index is 2.74. The van der Waals surface area contributed by atoms with Crippen LogP contribution < -0.4 is 10.1 Å². The standard InChI is InChI=1S/C14H19NO6/c1-21-10-4-2-9(3-5-10)14(20)11(8-13(18)19)15-7-6-12(16)17/h2-5,11,14-15,20H,6-8H2,1H3,(H,16,17)(H,18,19). The highest BCUT2D eigenvalue weighted by Crippen LogP contribution is 2.21. The molecule has 1 rings (SSSR count). The highest BCUT2D eigenvalue weighted by Gasteiger charge is 2.23. The van der Waals surface area contributed by atoms with E-state index in [4.69, 9.17) is 14.9 Å². The molecule has 0 spiro atoms. The highest BCUT2D eigenvalue weighted by molar-refractivity contribution is 5.68. The molecule has 0 bridgehead atoms. The summed E-state index contributed by atoms with van der Waals surface area (Å²) in [5.41, 5.74) is 0.532. The number of carboxylic acid groups (broad SMARTS) is 2. The second kappa shape index (κ2) is 8.23. The van der Waals surface area contributed by atoms with Gasteiger partial charge in [-0.2, -0.15) is 0 Å². The van der Waals surface area contributed by atoms with Gasteiger partial charge in [0.1, 0.15) is 5.75 Å². The topological polar surface area (TPSA) is 116 Å². The SMILES string of the molecule is COc1ccc(C(O)C(CC(=O)O)NCCC(=O)O)cc1. The van der Waals surface area contributed by atoms with Gasteiger partial charge in [-0.05, 0) is 17.7 Å². The Labute approximate surface area is 122 Å². The van der Waals surface area contributed by atoms with Crippen molar-refractivity contribution in [1.29, 1.82) is 0 Å². The smallest absolute Gasteiger partial charge is 0.305 e. The Morgan fingerprint density at radius 3 is 2.29 bits per heavy atom. The van der Waals surface area contributed by atoms with E-state index in [1.165, 1.54) is 7.11 Å². The van der Waals surface area contributed by atoms with Crippen molar-refractivity contribution in [3.63, 3.8) is 0 Å². The summed E-state index contributed by atoms with van der Waals surface area (Å²) >= 11 is 0. The molecule has 0 saturated heterocycles. The molecule has 0 aliphatic carbocycles. The Morgan fingerprint density at radius 2 is 1.81 bits per heavy atom. The second-order valence-corrected chi connectivity index (χ2v) is 4.52. The van der Waals surface area contributed by atoms with Gasteiger partial charge < -0.3 is 25.4 Å². The fraction of sp³-hybridized carbons (Fsp3) is 0.429. The molecule has 0 amide bonds. The van der Waals surface area contributed by atoms with Gasteiger partial charge in [0.05, 0.1) is 26.1 Å². The number of benzene rings is 1. The quantitative estimate of drug-likeness (QED) is 0.528. The molecule has 1 aromatic rings. The van der Waals surface area contributed by atoms with E-state index < -0.39 is 24.1 Å². The van der Waals surface area contributed by atoms with E-state index in [9.17, 15) is 14.7 Å². The minimum Gasteiger partial charge on any atom is -0.497 e. The van der Waals surface area contributed by atoms with Gasteiger partial charge in [0.2, 0.25) is 0 Å². The molecule has 2 atom stereocenters. The number of carbonyl (C=O) groups is 2. The first-order valence-electron chi connectivity index (χ1n) is 6.43. The van der Waals surface area contributed by atoms with Gasteiger partial charge in [0.15, 0.2) is 0 Å². The zero-order valence-corrected chi connectivity index (χ0v) is 11.7. The van der Waals surface area contributed by atoms with Crippen LogP contribution in [0.25, 0.3) is 0 Å².